The van der Waals surface area contributed by atoms with Gasteiger partial charge in [0.05, 0.1) is 28.3 Å². The number of benzene rings is 2. The Morgan fingerprint density at radius 2 is 2.06 bits per heavy atom. The van der Waals surface area contributed by atoms with Crippen LogP contribution < -0.4 is 10.6 Å². The maximum absolute atomic E-state index is 12.9. The molecule has 1 amide bonds. The quantitative estimate of drug-likeness (QED) is 0.616. The fourth-order valence-electron chi connectivity index (χ4n) is 4.16. The van der Waals surface area contributed by atoms with Crippen LogP contribution in [-0.2, 0) is 9.59 Å². The summed E-state index contributed by atoms with van der Waals surface area (Å²) in [5, 5.41) is 17.4. The molecule has 0 saturated heterocycles. The van der Waals surface area contributed by atoms with E-state index in [2.05, 4.69) is 16.7 Å². The Labute approximate surface area is 196 Å². The number of nitrogens with one attached hydrogen (secondary N) is 2. The molecule has 0 aromatic heterocycles. The second-order valence-electron chi connectivity index (χ2n) is 7.79. The molecule has 162 valence electrons. The summed E-state index contributed by atoms with van der Waals surface area (Å²) in [7, 11) is 0. The number of hydrogen-bond donors (Lipinski definition) is 2. The van der Waals surface area contributed by atoms with Gasteiger partial charge in [-0.3, -0.25) is 9.59 Å². The summed E-state index contributed by atoms with van der Waals surface area (Å²) in [4.78, 5) is 25.4. The summed E-state index contributed by atoms with van der Waals surface area (Å²) in [5.41, 5.74) is 4.64. The number of nitriles is 1. The van der Waals surface area contributed by atoms with Crippen molar-refractivity contribution < 1.29 is 9.59 Å². The van der Waals surface area contributed by atoms with Gasteiger partial charge in [0.15, 0.2) is 5.78 Å². The molecule has 0 spiro atoms. The molecule has 0 bridgehead atoms. The van der Waals surface area contributed by atoms with Gasteiger partial charge in [0.25, 0.3) is 0 Å². The third kappa shape index (κ3) is 4.59. The maximum Gasteiger partial charge on any atom is 0.234 e. The molecule has 32 heavy (non-hydrogen) atoms. The maximum atomic E-state index is 12.9. The van der Waals surface area contributed by atoms with E-state index in [9.17, 15) is 14.9 Å². The van der Waals surface area contributed by atoms with E-state index in [4.69, 9.17) is 11.6 Å². The largest absolute Gasteiger partial charge is 0.352 e. The van der Waals surface area contributed by atoms with Crippen LogP contribution in [0.3, 0.4) is 0 Å². The predicted octanol–water partition coefficient (Wildman–Crippen LogP) is 5.45. The van der Waals surface area contributed by atoms with Crippen molar-refractivity contribution in [1.82, 2.24) is 5.32 Å². The number of dihydropyridines is 1. The molecular formula is C25H22ClN3O2S. The van der Waals surface area contributed by atoms with Gasteiger partial charge >= 0.3 is 0 Å². The van der Waals surface area contributed by atoms with Gasteiger partial charge in [-0.15, -0.1) is 0 Å². The number of nitrogens with zero attached hydrogens (tertiary/aromatic N) is 1. The van der Waals surface area contributed by atoms with Crippen LogP contribution in [0.2, 0.25) is 5.02 Å². The van der Waals surface area contributed by atoms with E-state index in [1.807, 2.05) is 31.2 Å². The van der Waals surface area contributed by atoms with Crippen LogP contribution in [0.15, 0.2) is 70.4 Å². The van der Waals surface area contributed by atoms with Crippen LogP contribution >= 0.6 is 23.4 Å². The molecule has 1 aliphatic carbocycles. The van der Waals surface area contributed by atoms with E-state index >= 15 is 0 Å². The highest BCUT2D eigenvalue weighted by Gasteiger charge is 2.37. The van der Waals surface area contributed by atoms with Gasteiger partial charge in [0.2, 0.25) is 5.91 Å². The zero-order chi connectivity index (χ0) is 22.7. The number of rotatable bonds is 5. The van der Waals surface area contributed by atoms with Crippen molar-refractivity contribution in [3.63, 3.8) is 0 Å². The van der Waals surface area contributed by atoms with Gasteiger partial charge in [-0.05, 0) is 49.1 Å². The Bertz CT molecular complexity index is 1200. The molecule has 0 unspecified atom stereocenters. The van der Waals surface area contributed by atoms with Crippen LogP contribution in [-0.4, -0.2) is 17.4 Å². The summed E-state index contributed by atoms with van der Waals surface area (Å²) >= 11 is 7.26. The highest BCUT2D eigenvalue weighted by molar-refractivity contribution is 8.03. The van der Waals surface area contributed by atoms with Crippen LogP contribution in [0.5, 0.6) is 0 Å². The van der Waals surface area contributed by atoms with Crippen LogP contribution in [0.25, 0.3) is 0 Å². The Hall–Kier alpha value is -3.01. The number of ketones is 1. The second kappa shape index (κ2) is 9.64. The number of Topliss-reactive ketones (excluding diaryl/α,β-unsaturated/α-hetero) is 1. The van der Waals surface area contributed by atoms with E-state index in [1.54, 1.807) is 24.3 Å². The van der Waals surface area contributed by atoms with Gasteiger partial charge in [-0.2, -0.15) is 5.26 Å². The first-order chi connectivity index (χ1) is 15.5. The highest BCUT2D eigenvalue weighted by atomic mass is 35.5. The number of carbonyl (C=O) groups excluding carboxylic acids is 2. The van der Waals surface area contributed by atoms with Crippen LogP contribution in [0.1, 0.15) is 36.3 Å². The number of anilines is 1. The summed E-state index contributed by atoms with van der Waals surface area (Å²) in [6.45, 7) is 1.99. The third-order valence-electron chi connectivity index (χ3n) is 5.62. The number of carbonyl (C=O) groups is 2. The Morgan fingerprint density at radius 1 is 1.25 bits per heavy atom. The van der Waals surface area contributed by atoms with Gasteiger partial charge < -0.3 is 10.6 Å². The van der Waals surface area contributed by atoms with Crippen molar-refractivity contribution in [1.29, 1.82) is 5.26 Å². The van der Waals surface area contributed by atoms with E-state index in [0.29, 0.717) is 33.3 Å². The van der Waals surface area contributed by atoms with Gasteiger partial charge in [0, 0.05) is 28.4 Å². The molecule has 4 rings (SSSR count). The van der Waals surface area contributed by atoms with Gasteiger partial charge in [-0.1, -0.05) is 53.7 Å². The second-order valence-corrected chi connectivity index (χ2v) is 9.21. The van der Waals surface area contributed by atoms with Crippen LogP contribution in [0, 0.1) is 18.3 Å². The first-order valence-corrected chi connectivity index (χ1v) is 11.8. The standard InChI is InChI=1S/C25H22ClN3O2S/c1-15-6-2-3-9-18(15)23-19(13-27)25(29-20-10-5-11-21(30)24(20)23)32-14-22(31)28-17-8-4-7-16(26)12-17/h2-4,6-9,12,23,29H,5,10-11,14H2,1H3,(H,28,31)/t23-/m0/s1. The van der Waals surface area contributed by atoms with E-state index < -0.39 is 5.92 Å². The van der Waals surface area contributed by atoms with Crippen molar-refractivity contribution >= 4 is 40.7 Å². The Morgan fingerprint density at radius 3 is 2.81 bits per heavy atom. The van der Waals surface area contributed by atoms with E-state index in [-0.39, 0.29) is 17.4 Å². The lowest BCUT2D eigenvalue weighted by atomic mass is 9.76. The fourth-order valence-corrected chi connectivity index (χ4v) is 5.21. The fraction of sp³-hybridized carbons (Fsp3) is 0.240. The minimum absolute atomic E-state index is 0.0857. The number of thioether (sulfide) groups is 1. The molecule has 0 fully saturated rings. The van der Waals surface area contributed by atoms with Crippen molar-refractivity contribution in [2.45, 2.75) is 32.1 Å². The molecule has 1 atom stereocenters. The molecule has 1 aliphatic heterocycles. The monoisotopic (exact) mass is 463 g/mol. The van der Waals surface area contributed by atoms with Crippen LogP contribution in [0.4, 0.5) is 5.69 Å². The number of amides is 1. The molecule has 1 heterocycles. The highest BCUT2D eigenvalue weighted by Crippen LogP contribution is 2.44. The summed E-state index contributed by atoms with van der Waals surface area (Å²) < 4.78 is 0. The topological polar surface area (TPSA) is 82.0 Å². The molecule has 2 N–H and O–H groups in total. The number of aryl methyl sites for hydroxylation is 1. The SMILES string of the molecule is Cc1ccccc1[C@H]1C(C#N)=C(SCC(=O)Nc2cccc(Cl)c2)NC2=C1C(=O)CCC2. The lowest BCUT2D eigenvalue weighted by molar-refractivity contribution is -0.116. The molecule has 0 radical (unpaired) electrons. The summed E-state index contributed by atoms with van der Waals surface area (Å²) in [6, 6.07) is 17.1. The number of allylic oxidation sites excluding steroid dienone is 3. The third-order valence-corrected chi connectivity index (χ3v) is 6.87. The first-order valence-electron chi connectivity index (χ1n) is 10.4. The minimum atomic E-state index is -0.413. The van der Waals surface area contributed by atoms with E-state index in [0.717, 1.165) is 29.7 Å². The van der Waals surface area contributed by atoms with Crippen molar-refractivity contribution in [3.8, 4) is 6.07 Å². The molecule has 5 nitrogen and oxygen atoms in total. The zero-order valence-corrected chi connectivity index (χ0v) is 19.1. The minimum Gasteiger partial charge on any atom is -0.352 e. The summed E-state index contributed by atoms with van der Waals surface area (Å²) in [5.74, 6) is -0.404. The smallest absolute Gasteiger partial charge is 0.234 e. The number of halogens is 1. The lowest BCUT2D eigenvalue weighted by Crippen LogP contribution is -2.32. The van der Waals surface area contributed by atoms with Crippen molar-refractivity contribution in [3.05, 3.63) is 86.6 Å². The average Bonchev–Trinajstić information content (AvgIpc) is 2.77. The molecule has 2 aromatic rings. The van der Waals surface area contributed by atoms with E-state index in [1.165, 1.54) is 11.8 Å². The molecule has 2 aromatic carbocycles. The lowest BCUT2D eigenvalue weighted by Gasteiger charge is -2.33. The Kier molecular flexibility index (Phi) is 6.69. The zero-order valence-electron chi connectivity index (χ0n) is 17.6. The molecule has 7 heteroatoms. The molecule has 2 aliphatic rings. The summed E-state index contributed by atoms with van der Waals surface area (Å²) in [6.07, 6.45) is 2.02. The van der Waals surface area contributed by atoms with Crippen molar-refractivity contribution in [2.24, 2.45) is 0 Å². The molecule has 0 saturated carbocycles. The average molecular weight is 464 g/mol. The normalized spacial score (nSPS) is 18.0. The Balaban J connectivity index is 1.63. The number of hydrogen-bond acceptors (Lipinski definition) is 5. The predicted molar refractivity (Wildman–Crippen MR) is 128 cm³/mol. The van der Waals surface area contributed by atoms with Crippen molar-refractivity contribution in [2.75, 3.05) is 11.1 Å². The molecular weight excluding hydrogens is 442 g/mol. The van der Waals surface area contributed by atoms with Gasteiger partial charge in [0.1, 0.15) is 0 Å². The first kappa shape index (κ1) is 22.2. The van der Waals surface area contributed by atoms with Gasteiger partial charge in [-0.25, -0.2) is 0 Å².